The lowest BCUT2D eigenvalue weighted by molar-refractivity contribution is -0.929. The second-order valence-corrected chi connectivity index (χ2v) is 11.2. The van der Waals surface area contributed by atoms with Crippen LogP contribution in [0.3, 0.4) is 0 Å². The van der Waals surface area contributed by atoms with Crippen molar-refractivity contribution in [2.75, 3.05) is 59.2 Å². The molecule has 33 heavy (non-hydrogen) atoms. The molecule has 0 bridgehead atoms. The summed E-state index contributed by atoms with van der Waals surface area (Å²) in [7, 11) is -2.65. The molecular weight excluding hydrogens is 460 g/mol. The number of halogens is 1. The Morgan fingerprint density at radius 1 is 0.727 bits per heavy atom. The molecule has 0 fully saturated rings. The molecule has 0 atom stereocenters. The van der Waals surface area contributed by atoms with E-state index in [2.05, 4.69) is 26.1 Å². The lowest BCUT2D eigenvalue weighted by Crippen LogP contribution is -3.00. The summed E-state index contributed by atoms with van der Waals surface area (Å²) in [6.45, 7) is 19.8. The van der Waals surface area contributed by atoms with Gasteiger partial charge in [-0.05, 0) is 46.5 Å². The maximum absolute atomic E-state index is 12.2. The summed E-state index contributed by atoms with van der Waals surface area (Å²) in [6.07, 6.45) is 7.70. The topological polar surface area (TPSA) is 66.0 Å². The lowest BCUT2D eigenvalue weighted by atomic mass is 10.1. The fraction of sp³-hybridized carbons (Fsp3) is 0.958. The number of hydrogen-bond donors (Lipinski definition) is 1. The number of rotatable bonds is 22. The van der Waals surface area contributed by atoms with E-state index < -0.39 is 8.80 Å². The van der Waals surface area contributed by atoms with Crippen molar-refractivity contribution < 1.29 is 39.7 Å². The van der Waals surface area contributed by atoms with E-state index in [9.17, 15) is 4.79 Å². The van der Waals surface area contributed by atoms with Gasteiger partial charge in [0, 0.05) is 32.4 Å². The number of nitrogens with zero attached hydrogens (tertiary/aromatic N) is 1. The van der Waals surface area contributed by atoms with E-state index >= 15 is 0 Å². The highest BCUT2D eigenvalue weighted by Gasteiger charge is 2.39. The molecule has 0 rings (SSSR count). The molecule has 1 amide bonds. The first-order valence-corrected chi connectivity index (χ1v) is 15.1. The van der Waals surface area contributed by atoms with E-state index in [0.717, 1.165) is 17.4 Å². The molecular formula is C24H53ClN2O5Si. The van der Waals surface area contributed by atoms with Crippen molar-refractivity contribution in [1.29, 1.82) is 0 Å². The number of alkyl carbamates (subject to hydrolysis) is 1. The smallest absolute Gasteiger partial charge is 0.500 e. The first-order chi connectivity index (χ1) is 15.5. The van der Waals surface area contributed by atoms with Crippen molar-refractivity contribution in [2.24, 2.45) is 0 Å². The molecule has 0 aromatic heterocycles. The Morgan fingerprint density at radius 2 is 1.18 bits per heavy atom. The van der Waals surface area contributed by atoms with Crippen LogP contribution >= 0.6 is 0 Å². The third-order valence-electron chi connectivity index (χ3n) is 5.78. The summed E-state index contributed by atoms with van der Waals surface area (Å²) in [5.74, 6) is 0. The lowest BCUT2D eigenvalue weighted by Gasteiger charge is -2.39. The molecule has 7 nitrogen and oxygen atoms in total. The first-order valence-electron chi connectivity index (χ1n) is 13.1. The highest BCUT2D eigenvalue weighted by atomic mass is 35.5. The van der Waals surface area contributed by atoms with Crippen LogP contribution < -0.4 is 17.7 Å². The van der Waals surface area contributed by atoms with Crippen molar-refractivity contribution in [3.63, 3.8) is 0 Å². The van der Waals surface area contributed by atoms with Gasteiger partial charge in [0.15, 0.2) is 0 Å². The Bertz CT molecular complexity index is 422. The van der Waals surface area contributed by atoms with Crippen LogP contribution in [0.15, 0.2) is 0 Å². The molecule has 0 saturated carbocycles. The van der Waals surface area contributed by atoms with Gasteiger partial charge in [0.1, 0.15) is 13.2 Å². The Kier molecular flexibility index (Phi) is 23.3. The van der Waals surface area contributed by atoms with Crippen LogP contribution in [-0.2, 0) is 18.0 Å². The quantitative estimate of drug-likeness (QED) is 0.137. The number of ether oxygens (including phenoxy) is 1. The fourth-order valence-electron chi connectivity index (χ4n) is 4.03. The van der Waals surface area contributed by atoms with E-state index in [1.807, 2.05) is 20.8 Å². The molecule has 0 saturated heterocycles. The minimum absolute atomic E-state index is 0. The molecule has 0 aliphatic rings. The van der Waals surface area contributed by atoms with Gasteiger partial charge in [0.05, 0.1) is 19.6 Å². The summed E-state index contributed by atoms with van der Waals surface area (Å²) in [5.41, 5.74) is 0. The maximum Gasteiger partial charge on any atom is 0.500 e. The number of carbonyl (C=O) groups is 1. The third kappa shape index (κ3) is 16.0. The summed E-state index contributed by atoms with van der Waals surface area (Å²) in [6, 6.07) is 0.688. The average molecular weight is 513 g/mol. The highest BCUT2D eigenvalue weighted by Crippen LogP contribution is 2.18. The fourth-order valence-corrected chi connectivity index (χ4v) is 6.64. The minimum Gasteiger partial charge on any atom is -1.00 e. The molecule has 1 N–H and O–H groups in total. The van der Waals surface area contributed by atoms with Crippen LogP contribution in [-0.4, -0.2) is 78.5 Å². The van der Waals surface area contributed by atoms with Gasteiger partial charge in [-0.25, -0.2) is 4.79 Å². The van der Waals surface area contributed by atoms with Gasteiger partial charge >= 0.3 is 14.9 Å². The monoisotopic (exact) mass is 512 g/mol. The second kappa shape index (κ2) is 22.1. The van der Waals surface area contributed by atoms with Gasteiger partial charge < -0.3 is 40.2 Å². The molecule has 0 aromatic rings. The van der Waals surface area contributed by atoms with E-state index in [1.54, 1.807) is 0 Å². The predicted molar refractivity (Wildman–Crippen MR) is 134 cm³/mol. The molecule has 0 spiro atoms. The summed E-state index contributed by atoms with van der Waals surface area (Å²) in [5, 5.41) is 2.88. The number of quaternary nitrogens is 1. The Morgan fingerprint density at radius 3 is 1.58 bits per heavy atom. The van der Waals surface area contributed by atoms with Crippen LogP contribution in [0.25, 0.3) is 0 Å². The maximum atomic E-state index is 12.2. The first kappa shape index (κ1) is 34.8. The SMILES string of the molecule is CCCC[N+](CCCC)(CCCC)CCOC(=O)NCCC[Si](OCC)(OCC)OCC.[Cl-]. The van der Waals surface area contributed by atoms with Crippen molar-refractivity contribution in [1.82, 2.24) is 5.32 Å². The van der Waals surface area contributed by atoms with Crippen LogP contribution in [0.4, 0.5) is 4.79 Å². The van der Waals surface area contributed by atoms with Gasteiger partial charge in [-0.2, -0.15) is 0 Å². The van der Waals surface area contributed by atoms with Crippen molar-refractivity contribution in [2.45, 2.75) is 92.5 Å². The molecule has 0 aliphatic carbocycles. The molecule has 0 aliphatic heterocycles. The van der Waals surface area contributed by atoms with Crippen LogP contribution in [0, 0.1) is 0 Å². The average Bonchev–Trinajstić information content (AvgIpc) is 2.78. The summed E-state index contributed by atoms with van der Waals surface area (Å²) in [4.78, 5) is 12.2. The van der Waals surface area contributed by atoms with Gasteiger partial charge in [-0.1, -0.05) is 40.0 Å². The predicted octanol–water partition coefficient (Wildman–Crippen LogP) is 2.37. The zero-order chi connectivity index (χ0) is 24.1. The van der Waals surface area contributed by atoms with Gasteiger partial charge in [-0.15, -0.1) is 0 Å². The zero-order valence-corrected chi connectivity index (χ0v) is 24.1. The van der Waals surface area contributed by atoms with Crippen molar-refractivity contribution in [3.8, 4) is 0 Å². The molecule has 0 radical (unpaired) electrons. The number of hydrogen-bond acceptors (Lipinski definition) is 5. The van der Waals surface area contributed by atoms with Crippen LogP contribution in [0.5, 0.6) is 0 Å². The molecule has 200 valence electrons. The summed E-state index contributed by atoms with van der Waals surface area (Å²) >= 11 is 0. The highest BCUT2D eigenvalue weighted by molar-refractivity contribution is 6.60. The Balaban J connectivity index is 0. The van der Waals surface area contributed by atoms with E-state index in [1.165, 1.54) is 58.2 Å². The van der Waals surface area contributed by atoms with Gasteiger partial charge in [0.2, 0.25) is 0 Å². The van der Waals surface area contributed by atoms with E-state index in [-0.39, 0.29) is 18.5 Å². The number of carbonyl (C=O) groups excluding carboxylic acids is 1. The largest absolute Gasteiger partial charge is 1.00 e. The van der Waals surface area contributed by atoms with Crippen molar-refractivity contribution >= 4 is 14.9 Å². The van der Waals surface area contributed by atoms with Crippen LogP contribution in [0.2, 0.25) is 6.04 Å². The molecule has 0 heterocycles. The molecule has 0 unspecified atom stereocenters. The third-order valence-corrected chi connectivity index (χ3v) is 8.93. The second-order valence-electron chi connectivity index (χ2n) is 8.45. The number of nitrogens with one attached hydrogen (secondary N) is 1. The standard InChI is InChI=1S/C24H52N2O5Si.ClH/c1-7-13-18-26(19-14-8-2,20-15-9-3)21-22-28-24(27)25-17-16-23-32(29-10-4,30-11-5)31-12-6;/h7-23H2,1-6H3;1H. The van der Waals surface area contributed by atoms with Crippen LogP contribution in [0.1, 0.15) is 86.5 Å². The molecule has 9 heteroatoms. The van der Waals surface area contributed by atoms with Gasteiger partial charge in [0.25, 0.3) is 0 Å². The number of amides is 1. The van der Waals surface area contributed by atoms with E-state index in [0.29, 0.717) is 39.0 Å². The van der Waals surface area contributed by atoms with Crippen molar-refractivity contribution in [3.05, 3.63) is 0 Å². The Hall–Kier alpha value is -0.383. The molecule has 0 aromatic carbocycles. The Labute approximate surface area is 211 Å². The summed E-state index contributed by atoms with van der Waals surface area (Å²) < 4.78 is 24.2. The minimum atomic E-state index is -2.65. The van der Waals surface area contributed by atoms with E-state index in [4.69, 9.17) is 18.0 Å². The number of unbranched alkanes of at least 4 members (excludes halogenated alkanes) is 3. The zero-order valence-electron chi connectivity index (χ0n) is 22.4. The normalized spacial score (nSPS) is 11.8. The van der Waals surface area contributed by atoms with Gasteiger partial charge in [-0.3, -0.25) is 0 Å².